The summed E-state index contributed by atoms with van der Waals surface area (Å²) in [7, 11) is 0. The van der Waals surface area contributed by atoms with Crippen LogP contribution in [0.5, 0.6) is 0 Å². The van der Waals surface area contributed by atoms with Crippen LogP contribution in [0.15, 0.2) is 47.1 Å². The average Bonchev–Trinajstić information content (AvgIpc) is 2.60. The van der Waals surface area contributed by atoms with Gasteiger partial charge in [-0.05, 0) is 0 Å². The fraction of sp³-hybridized carbons (Fsp3) is 0.294. The van der Waals surface area contributed by atoms with Crippen LogP contribution in [0.3, 0.4) is 0 Å². The Hall–Kier alpha value is 0.506. The van der Waals surface area contributed by atoms with Crippen LogP contribution in [0.4, 0.5) is 5.69 Å². The van der Waals surface area contributed by atoms with Crippen molar-refractivity contribution in [3.8, 4) is 0 Å². The van der Waals surface area contributed by atoms with Crippen molar-refractivity contribution >= 4 is 42.6 Å². The number of benzene rings is 1. The molecule has 1 N–H and O–H groups in total. The predicted octanol–water partition coefficient (Wildman–Crippen LogP) is 5.92. The number of hydrogen-bond acceptors (Lipinski definition) is 0. The Morgan fingerprint density at radius 2 is 1.41 bits per heavy atom. The maximum atomic E-state index is 7.00. The Balaban J connectivity index is -0.0000000685. The van der Waals surface area contributed by atoms with Crippen LogP contribution >= 0.6 is 24.8 Å². The van der Waals surface area contributed by atoms with Gasteiger partial charge < -0.3 is 20.6 Å². The summed E-state index contributed by atoms with van der Waals surface area (Å²) in [5, 5.41) is 0. The molecule has 1 aromatic carbocycles. The first kappa shape index (κ1) is 34.0. The molecule has 0 saturated heterocycles. The van der Waals surface area contributed by atoms with Crippen molar-refractivity contribution in [2.75, 3.05) is 0 Å². The van der Waals surface area contributed by atoms with Gasteiger partial charge in [-0.3, -0.25) is 6.08 Å². The minimum absolute atomic E-state index is 0. The number of hydrogen-bond donors (Lipinski definition) is 0. The molecule has 128 valence electrons. The van der Waals surface area contributed by atoms with E-state index in [-0.39, 0.29) is 39.7 Å². The van der Waals surface area contributed by atoms with Crippen LogP contribution in [0.1, 0.15) is 27.7 Å². The summed E-state index contributed by atoms with van der Waals surface area (Å²) in [6.07, 6.45) is 3.36. The van der Waals surface area contributed by atoms with E-state index in [9.17, 15) is 0 Å². The van der Waals surface area contributed by atoms with Crippen molar-refractivity contribution in [2.24, 2.45) is 5.92 Å². The van der Waals surface area contributed by atoms with Gasteiger partial charge in [0.25, 0.3) is 0 Å². The maximum Gasteiger partial charge on any atom is -0.0624 e. The van der Waals surface area contributed by atoms with Crippen molar-refractivity contribution in [2.45, 2.75) is 27.7 Å². The number of nitrogens with one attached hydrogen (secondary N) is 1. The van der Waals surface area contributed by atoms with E-state index in [1.54, 1.807) is 33.7 Å². The van der Waals surface area contributed by atoms with E-state index in [2.05, 4.69) is 33.8 Å². The van der Waals surface area contributed by atoms with Gasteiger partial charge in [-0.2, -0.15) is 11.1 Å². The van der Waals surface area contributed by atoms with Gasteiger partial charge in [0.1, 0.15) is 0 Å². The third-order valence-corrected chi connectivity index (χ3v) is 3.01. The zero-order chi connectivity index (χ0) is 14.1. The Bertz CT molecular complexity index is 434. The van der Waals surface area contributed by atoms with Gasteiger partial charge in [-0.15, -0.1) is 37.4 Å². The van der Waals surface area contributed by atoms with E-state index in [0.717, 1.165) is 0 Å². The number of halogens is 2. The second kappa shape index (κ2) is 19.6. The van der Waals surface area contributed by atoms with Gasteiger partial charge in [0.05, 0.1) is 0 Å². The number of allylic oxidation sites excluding steroid dienone is 4. The van der Waals surface area contributed by atoms with Gasteiger partial charge >= 0.3 is 33.7 Å². The first-order valence-corrected chi connectivity index (χ1v) is 16.4. The third-order valence-electron chi connectivity index (χ3n) is 3.01. The quantitative estimate of drug-likeness (QED) is 0.324. The van der Waals surface area contributed by atoms with Crippen molar-refractivity contribution < 1.29 is 21.6 Å². The summed E-state index contributed by atoms with van der Waals surface area (Å²) in [5.74, 6) is 0.560. The van der Waals surface area contributed by atoms with E-state index >= 15 is 0 Å². The molecule has 1 aliphatic rings. The maximum absolute atomic E-state index is 7.00. The average molecular weight is 482 g/mol. The zero-order valence-corrected chi connectivity index (χ0v) is 21.5. The third kappa shape index (κ3) is 13.0. The minimum atomic E-state index is 0. The molecule has 0 amide bonds. The molecule has 1 aliphatic carbocycles. The normalized spacial score (nSPS) is 14.0. The fourth-order valence-electron chi connectivity index (χ4n) is 1.60. The van der Waals surface area contributed by atoms with Crippen molar-refractivity contribution in [1.29, 1.82) is 0 Å². The van der Waals surface area contributed by atoms with E-state index in [0.29, 0.717) is 11.6 Å². The molecule has 1 unspecified atom stereocenters. The smallest absolute Gasteiger partial charge is 0.0624 e. The molecule has 22 heavy (non-hydrogen) atoms. The van der Waals surface area contributed by atoms with Gasteiger partial charge in [0.2, 0.25) is 0 Å². The van der Waals surface area contributed by atoms with Crippen LogP contribution in [0.25, 0.3) is 5.73 Å². The van der Waals surface area contributed by atoms with Gasteiger partial charge in [0, 0.05) is 0 Å². The summed E-state index contributed by atoms with van der Waals surface area (Å²) < 4.78 is 0. The second-order valence-corrected chi connectivity index (χ2v) is 4.17. The van der Waals surface area contributed by atoms with Crippen LogP contribution in [-0.2, 0) is 21.6 Å². The van der Waals surface area contributed by atoms with Crippen molar-refractivity contribution in [3.63, 3.8) is 0 Å². The topological polar surface area (TPSA) is 23.8 Å². The van der Waals surface area contributed by atoms with E-state index in [4.69, 9.17) is 5.73 Å². The summed E-state index contributed by atoms with van der Waals surface area (Å²) in [5.41, 5.74) is 11.8. The molecule has 0 fully saturated rings. The zero-order valence-electron chi connectivity index (χ0n) is 14.5. The largest absolute Gasteiger partial charge is 0.699 e. The van der Waals surface area contributed by atoms with Crippen LogP contribution in [-0.4, -0.2) is 12.1 Å². The molecule has 0 spiro atoms. The SMILES string of the molecule is CC1=[C-]C(C)C(C)=C1C.Cl.Cl.[CH3-].[CH3-].[GeH2]=[Zr].[NH-]c1ccccc1. The fourth-order valence-corrected chi connectivity index (χ4v) is 1.60. The molecule has 0 saturated carbocycles. The summed E-state index contributed by atoms with van der Waals surface area (Å²) in [6.45, 7) is 8.67. The van der Waals surface area contributed by atoms with E-state index in [1.807, 2.05) is 18.2 Å². The molecule has 1 aromatic rings. The first-order valence-electron chi connectivity index (χ1n) is 5.92. The minimum Gasteiger partial charge on any atom is -0.699 e. The standard InChI is InChI=1S/C9H13.C6H6N.2CH3.2ClH.GeH2.Zr/c1-6-5-7(2)9(4)8(6)3;7-6-4-2-1-3-5-6;;;;;;/h6H,1-4H3;1-5,7H;2*1H3;2*1H;1H2;/q4*-1;;;;. The van der Waals surface area contributed by atoms with Crippen molar-refractivity contribution in [3.05, 3.63) is 73.7 Å². The molecule has 0 heterocycles. The molecule has 1 atom stereocenters. The summed E-state index contributed by atoms with van der Waals surface area (Å²) >= 11 is 3.14. The Morgan fingerprint density at radius 1 is 1.00 bits per heavy atom. The van der Waals surface area contributed by atoms with E-state index < -0.39 is 0 Å². The summed E-state index contributed by atoms with van der Waals surface area (Å²) in [4.78, 5) is 0. The molecular weight excluding hydrogens is 453 g/mol. The monoisotopic (exact) mass is 481 g/mol. The Kier molecular flexibility index (Phi) is 30.2. The Morgan fingerprint density at radius 3 is 1.55 bits per heavy atom. The second-order valence-electron chi connectivity index (χ2n) is 4.17. The molecule has 0 aliphatic heterocycles. The molecule has 5 heteroatoms. The van der Waals surface area contributed by atoms with E-state index in [1.165, 1.54) is 28.9 Å². The van der Waals surface area contributed by atoms with Crippen LogP contribution in [0.2, 0.25) is 0 Å². The number of rotatable bonds is 0. The van der Waals surface area contributed by atoms with Gasteiger partial charge in [0.15, 0.2) is 0 Å². The first-order chi connectivity index (χ1) is 8.52. The molecule has 0 aromatic heterocycles. The van der Waals surface area contributed by atoms with Gasteiger partial charge in [-0.25, -0.2) is 5.57 Å². The predicted molar refractivity (Wildman–Crippen MR) is 106 cm³/mol. The Labute approximate surface area is 170 Å². The molecule has 1 nitrogen and oxygen atoms in total. The van der Waals surface area contributed by atoms with Crippen LogP contribution in [0, 0.1) is 26.8 Å². The molecule has 0 radical (unpaired) electrons. The summed E-state index contributed by atoms with van der Waals surface area (Å²) in [6, 6.07) is 9.10. The molecule has 0 bridgehead atoms. The molecular formula is C17H29Cl2GeNZr-4. The molecule has 2 rings (SSSR count). The van der Waals surface area contributed by atoms with Gasteiger partial charge in [-0.1, -0.05) is 57.0 Å². The van der Waals surface area contributed by atoms with Crippen LogP contribution < -0.4 is 0 Å². The van der Waals surface area contributed by atoms with Crippen molar-refractivity contribution in [1.82, 2.24) is 0 Å².